The van der Waals surface area contributed by atoms with E-state index < -0.39 is 0 Å². The summed E-state index contributed by atoms with van der Waals surface area (Å²) in [5.41, 5.74) is 1.22. The number of methoxy groups -OCH3 is 2. The highest BCUT2D eigenvalue weighted by Crippen LogP contribution is 2.20. The van der Waals surface area contributed by atoms with E-state index in [9.17, 15) is 0 Å². The Morgan fingerprint density at radius 2 is 1.60 bits per heavy atom. The number of aryl methyl sites for hydroxylation is 1. The summed E-state index contributed by atoms with van der Waals surface area (Å²) in [6.07, 6.45) is 11.5. The molecule has 2 aromatic rings. The molecule has 0 saturated carbocycles. The summed E-state index contributed by atoms with van der Waals surface area (Å²) in [4.78, 5) is 4.59. The summed E-state index contributed by atoms with van der Waals surface area (Å²) in [5, 5.41) is 2.57. The van der Waals surface area contributed by atoms with E-state index >= 15 is 0 Å². The molecule has 0 aliphatic heterocycles. The maximum atomic E-state index is 5.69. The third-order valence-corrected chi connectivity index (χ3v) is 5.02. The number of hydrogen-bond acceptors (Lipinski definition) is 3. The lowest BCUT2D eigenvalue weighted by Gasteiger charge is -2.24. The molecule has 2 atom stereocenters. The Bertz CT molecular complexity index is 609. The van der Waals surface area contributed by atoms with Crippen LogP contribution in [0.25, 0.3) is 10.8 Å². The maximum absolute atomic E-state index is 5.69. The fraction of sp³-hybridized carbons (Fsp3) is 0.591. The van der Waals surface area contributed by atoms with Gasteiger partial charge in [0.1, 0.15) is 0 Å². The average Bonchev–Trinajstić information content (AvgIpc) is 2.66. The van der Waals surface area contributed by atoms with Gasteiger partial charge in [0.05, 0.1) is 12.2 Å². The van der Waals surface area contributed by atoms with Gasteiger partial charge in [0, 0.05) is 31.5 Å². The first-order valence-electron chi connectivity index (χ1n) is 9.68. The Balaban J connectivity index is 1.76. The first kappa shape index (κ1) is 19.9. The molecule has 0 N–H and O–H groups in total. The summed E-state index contributed by atoms with van der Waals surface area (Å²) in [5.74, 6) is 0. The molecule has 0 fully saturated rings. The molecule has 0 radical (unpaired) electrons. The monoisotopic (exact) mass is 343 g/mol. The molecule has 1 aromatic carbocycles. The van der Waals surface area contributed by atoms with Crippen molar-refractivity contribution >= 4 is 10.8 Å². The van der Waals surface area contributed by atoms with Gasteiger partial charge in [0.2, 0.25) is 0 Å². The Kier molecular flexibility index (Phi) is 8.92. The van der Waals surface area contributed by atoms with Crippen molar-refractivity contribution in [2.75, 3.05) is 14.2 Å². The van der Waals surface area contributed by atoms with Crippen LogP contribution >= 0.6 is 0 Å². The van der Waals surface area contributed by atoms with Crippen LogP contribution in [0.15, 0.2) is 36.5 Å². The van der Waals surface area contributed by atoms with Crippen molar-refractivity contribution in [3.63, 3.8) is 0 Å². The summed E-state index contributed by atoms with van der Waals surface area (Å²) in [7, 11) is 3.61. The number of fused-ring (bicyclic) bond motifs is 1. The van der Waals surface area contributed by atoms with E-state index in [1.54, 1.807) is 7.11 Å². The number of benzene rings is 1. The van der Waals surface area contributed by atoms with Gasteiger partial charge >= 0.3 is 0 Å². The largest absolute Gasteiger partial charge is 0.379 e. The molecule has 0 saturated heterocycles. The molecule has 0 aliphatic rings. The topological polar surface area (TPSA) is 31.4 Å². The summed E-state index contributed by atoms with van der Waals surface area (Å²) >= 11 is 0. The van der Waals surface area contributed by atoms with Gasteiger partial charge in [-0.2, -0.15) is 0 Å². The van der Waals surface area contributed by atoms with Crippen molar-refractivity contribution in [1.29, 1.82) is 0 Å². The van der Waals surface area contributed by atoms with Crippen LogP contribution in [-0.4, -0.2) is 31.4 Å². The Morgan fingerprint density at radius 1 is 0.880 bits per heavy atom. The van der Waals surface area contributed by atoms with E-state index in [4.69, 9.17) is 9.47 Å². The lowest BCUT2D eigenvalue weighted by atomic mass is 10.00. The molecule has 25 heavy (non-hydrogen) atoms. The highest BCUT2D eigenvalue weighted by Gasteiger charge is 2.19. The SMILES string of the molecule is CCCCC(OC)C(CCCCCc1nccc2ccccc12)OC. The van der Waals surface area contributed by atoms with Crippen LogP contribution < -0.4 is 0 Å². The smallest absolute Gasteiger partial charge is 0.0832 e. The lowest BCUT2D eigenvalue weighted by molar-refractivity contribution is -0.0448. The van der Waals surface area contributed by atoms with Gasteiger partial charge in [-0.1, -0.05) is 56.9 Å². The predicted molar refractivity (Wildman–Crippen MR) is 105 cm³/mol. The molecule has 1 heterocycles. The molecule has 0 bridgehead atoms. The molecule has 0 amide bonds. The molecule has 2 rings (SSSR count). The second-order valence-electron chi connectivity index (χ2n) is 6.77. The normalized spacial score (nSPS) is 13.9. The number of nitrogens with zero attached hydrogens (tertiary/aromatic N) is 1. The summed E-state index contributed by atoms with van der Waals surface area (Å²) in [6.45, 7) is 2.22. The van der Waals surface area contributed by atoms with Crippen LogP contribution in [0.1, 0.15) is 57.6 Å². The predicted octanol–water partition coefficient (Wildman–Crippen LogP) is 5.56. The zero-order chi connectivity index (χ0) is 17.9. The zero-order valence-electron chi connectivity index (χ0n) is 16.0. The van der Waals surface area contributed by atoms with Crippen molar-refractivity contribution in [2.45, 2.75) is 70.5 Å². The van der Waals surface area contributed by atoms with Gasteiger partial charge in [-0.05, 0) is 37.1 Å². The average molecular weight is 344 g/mol. The van der Waals surface area contributed by atoms with Crippen molar-refractivity contribution in [3.8, 4) is 0 Å². The molecular weight excluding hydrogens is 310 g/mol. The van der Waals surface area contributed by atoms with Crippen molar-refractivity contribution in [3.05, 3.63) is 42.2 Å². The standard InChI is InChI=1S/C22H33NO2/c1-4-5-14-21(24-2)22(25-3)15-8-6-7-13-20-19-12-10-9-11-18(19)16-17-23-20/h9-12,16-17,21-22H,4-8,13-15H2,1-3H3. The van der Waals surface area contributed by atoms with Crippen molar-refractivity contribution in [1.82, 2.24) is 4.98 Å². The van der Waals surface area contributed by atoms with Crippen LogP contribution in [-0.2, 0) is 15.9 Å². The second kappa shape index (κ2) is 11.2. The number of aromatic nitrogens is 1. The first-order valence-corrected chi connectivity index (χ1v) is 9.68. The van der Waals surface area contributed by atoms with Crippen LogP contribution in [0.5, 0.6) is 0 Å². The van der Waals surface area contributed by atoms with Gasteiger partial charge in [-0.3, -0.25) is 4.98 Å². The van der Waals surface area contributed by atoms with Crippen LogP contribution in [0.4, 0.5) is 0 Å². The van der Waals surface area contributed by atoms with Gasteiger partial charge in [-0.15, -0.1) is 0 Å². The Hall–Kier alpha value is -1.45. The van der Waals surface area contributed by atoms with Gasteiger partial charge in [-0.25, -0.2) is 0 Å². The summed E-state index contributed by atoms with van der Waals surface area (Å²) < 4.78 is 11.3. The van der Waals surface area contributed by atoms with E-state index in [0.717, 1.165) is 19.3 Å². The molecule has 0 spiro atoms. The lowest BCUT2D eigenvalue weighted by Crippen LogP contribution is -2.30. The first-order chi connectivity index (χ1) is 12.3. The fourth-order valence-corrected chi connectivity index (χ4v) is 3.51. The highest BCUT2D eigenvalue weighted by molar-refractivity contribution is 5.84. The van der Waals surface area contributed by atoms with Crippen molar-refractivity contribution < 1.29 is 9.47 Å². The number of pyridine rings is 1. The molecule has 3 heteroatoms. The van der Waals surface area contributed by atoms with E-state index in [1.807, 2.05) is 13.3 Å². The number of hydrogen-bond donors (Lipinski definition) is 0. The number of unbranched alkanes of at least 4 members (excludes halogenated alkanes) is 3. The van der Waals surface area contributed by atoms with Crippen molar-refractivity contribution in [2.24, 2.45) is 0 Å². The maximum Gasteiger partial charge on any atom is 0.0832 e. The molecule has 1 aromatic heterocycles. The molecule has 2 unspecified atom stereocenters. The third kappa shape index (κ3) is 6.09. The minimum Gasteiger partial charge on any atom is -0.379 e. The van der Waals surface area contributed by atoms with Crippen LogP contribution in [0, 0.1) is 0 Å². The van der Waals surface area contributed by atoms with Crippen LogP contribution in [0.3, 0.4) is 0 Å². The Labute approximate surface area is 152 Å². The Morgan fingerprint density at radius 3 is 2.32 bits per heavy atom. The quantitative estimate of drug-likeness (QED) is 0.473. The van der Waals surface area contributed by atoms with E-state index in [0.29, 0.717) is 0 Å². The minimum atomic E-state index is 0.215. The zero-order valence-corrected chi connectivity index (χ0v) is 16.0. The van der Waals surface area contributed by atoms with E-state index in [1.165, 1.54) is 48.6 Å². The molecule has 138 valence electrons. The number of rotatable bonds is 12. The molecule has 0 aliphatic carbocycles. The van der Waals surface area contributed by atoms with Crippen LogP contribution in [0.2, 0.25) is 0 Å². The van der Waals surface area contributed by atoms with Gasteiger partial charge in [0.15, 0.2) is 0 Å². The van der Waals surface area contributed by atoms with Gasteiger partial charge < -0.3 is 9.47 Å². The minimum absolute atomic E-state index is 0.215. The van der Waals surface area contributed by atoms with Gasteiger partial charge in [0.25, 0.3) is 0 Å². The molecule has 3 nitrogen and oxygen atoms in total. The third-order valence-electron chi connectivity index (χ3n) is 5.02. The summed E-state index contributed by atoms with van der Waals surface area (Å²) in [6, 6.07) is 10.6. The number of ether oxygens (including phenoxy) is 2. The second-order valence-corrected chi connectivity index (χ2v) is 6.77. The highest BCUT2D eigenvalue weighted by atomic mass is 16.5. The van der Waals surface area contributed by atoms with E-state index in [2.05, 4.69) is 42.2 Å². The fourth-order valence-electron chi connectivity index (χ4n) is 3.51. The molecular formula is C22H33NO2. The van der Waals surface area contributed by atoms with E-state index in [-0.39, 0.29) is 12.2 Å².